The minimum absolute atomic E-state index is 0.385. The third-order valence-electron chi connectivity index (χ3n) is 5.16. The zero-order valence-electron chi connectivity index (χ0n) is 14.5. The molecule has 2 heterocycles. The maximum Gasteiger partial charge on any atom is 0.499 e. The third kappa shape index (κ3) is 2.29. The first-order chi connectivity index (χ1) is 11.4. The summed E-state index contributed by atoms with van der Waals surface area (Å²) in [5.74, 6) is 0.815. The van der Waals surface area contributed by atoms with E-state index in [4.69, 9.17) is 13.7 Å². The Balaban J connectivity index is 1.92. The summed E-state index contributed by atoms with van der Waals surface area (Å²) in [4.78, 5) is 0. The van der Waals surface area contributed by atoms with Crippen LogP contribution in [0, 0.1) is 0 Å². The van der Waals surface area contributed by atoms with Gasteiger partial charge >= 0.3 is 7.12 Å². The molecular formula is C20H21BO3. The molecule has 4 rings (SSSR count). The van der Waals surface area contributed by atoms with Crippen LogP contribution in [0.4, 0.5) is 0 Å². The Bertz CT molecular complexity index is 864. The SMILES string of the molecule is CC1(C)OB(c2c(-c3ccccc3)oc3ccccc23)OC1(C)C. The summed E-state index contributed by atoms with van der Waals surface area (Å²) in [5, 5.41) is 1.04. The van der Waals surface area contributed by atoms with Crippen LogP contribution in [0.15, 0.2) is 59.0 Å². The highest BCUT2D eigenvalue weighted by molar-refractivity contribution is 6.66. The zero-order valence-corrected chi connectivity index (χ0v) is 14.5. The number of benzene rings is 2. The predicted octanol–water partition coefficient (Wildman–Crippen LogP) is 4.40. The molecule has 1 fully saturated rings. The van der Waals surface area contributed by atoms with Crippen LogP contribution in [0.3, 0.4) is 0 Å². The van der Waals surface area contributed by atoms with E-state index in [9.17, 15) is 0 Å². The number of furan rings is 1. The fourth-order valence-electron chi connectivity index (χ4n) is 3.06. The predicted molar refractivity (Wildman–Crippen MR) is 97.4 cm³/mol. The van der Waals surface area contributed by atoms with Crippen LogP contribution in [0.2, 0.25) is 0 Å². The van der Waals surface area contributed by atoms with Crippen molar-refractivity contribution < 1.29 is 13.7 Å². The molecule has 2 aromatic carbocycles. The van der Waals surface area contributed by atoms with Crippen molar-refractivity contribution in [1.82, 2.24) is 0 Å². The maximum absolute atomic E-state index is 6.30. The summed E-state index contributed by atoms with van der Waals surface area (Å²) in [6.45, 7) is 8.27. The zero-order chi connectivity index (χ0) is 16.9. The molecule has 1 aliphatic rings. The quantitative estimate of drug-likeness (QED) is 0.656. The van der Waals surface area contributed by atoms with Crippen molar-refractivity contribution in [2.75, 3.05) is 0 Å². The highest BCUT2D eigenvalue weighted by atomic mass is 16.7. The van der Waals surface area contributed by atoms with Gasteiger partial charge in [-0.3, -0.25) is 0 Å². The molecule has 3 nitrogen and oxygen atoms in total. The monoisotopic (exact) mass is 320 g/mol. The average Bonchev–Trinajstić information content (AvgIpc) is 3.03. The van der Waals surface area contributed by atoms with Crippen molar-refractivity contribution in [3.8, 4) is 11.3 Å². The Morgan fingerprint density at radius 2 is 1.33 bits per heavy atom. The minimum Gasteiger partial charge on any atom is -0.456 e. The number of rotatable bonds is 2. The highest BCUT2D eigenvalue weighted by Gasteiger charge is 2.53. The molecule has 4 heteroatoms. The molecule has 0 unspecified atom stereocenters. The summed E-state index contributed by atoms with van der Waals surface area (Å²) in [6.07, 6.45) is 0. The highest BCUT2D eigenvalue weighted by Crippen LogP contribution is 2.38. The van der Waals surface area contributed by atoms with Crippen molar-refractivity contribution in [3.63, 3.8) is 0 Å². The fourth-order valence-corrected chi connectivity index (χ4v) is 3.06. The summed E-state index contributed by atoms with van der Waals surface area (Å²) < 4.78 is 18.8. The first-order valence-electron chi connectivity index (χ1n) is 8.31. The number of para-hydroxylation sites is 1. The summed E-state index contributed by atoms with van der Waals surface area (Å²) >= 11 is 0. The van der Waals surface area contributed by atoms with E-state index < -0.39 is 7.12 Å². The van der Waals surface area contributed by atoms with Crippen LogP contribution >= 0.6 is 0 Å². The summed E-state index contributed by atoms with van der Waals surface area (Å²) in [5.41, 5.74) is 2.07. The van der Waals surface area contributed by atoms with Gasteiger partial charge in [0.15, 0.2) is 0 Å². The second-order valence-electron chi connectivity index (χ2n) is 7.30. The lowest BCUT2D eigenvalue weighted by molar-refractivity contribution is 0.00578. The van der Waals surface area contributed by atoms with E-state index in [1.54, 1.807) is 0 Å². The number of hydrogen-bond acceptors (Lipinski definition) is 3. The summed E-state index contributed by atoms with van der Waals surface area (Å²) in [6, 6.07) is 18.2. The standard InChI is InChI=1S/C20H21BO3/c1-19(2)20(3,4)24-21(23-19)17-15-12-8-9-13-16(15)22-18(17)14-10-6-5-7-11-14/h5-13H,1-4H3. The van der Waals surface area contributed by atoms with Gasteiger partial charge in [-0.05, 0) is 33.8 Å². The molecule has 1 saturated heterocycles. The summed E-state index contributed by atoms with van der Waals surface area (Å²) in [7, 11) is -0.450. The molecule has 122 valence electrons. The molecule has 1 aromatic heterocycles. The van der Waals surface area contributed by atoms with Gasteiger partial charge in [-0.25, -0.2) is 0 Å². The molecule has 24 heavy (non-hydrogen) atoms. The van der Waals surface area contributed by atoms with Gasteiger partial charge in [0, 0.05) is 16.4 Å². The van der Waals surface area contributed by atoms with E-state index >= 15 is 0 Å². The largest absolute Gasteiger partial charge is 0.499 e. The lowest BCUT2D eigenvalue weighted by Crippen LogP contribution is -2.41. The van der Waals surface area contributed by atoms with Gasteiger partial charge in [-0.15, -0.1) is 0 Å². The maximum atomic E-state index is 6.30. The lowest BCUT2D eigenvalue weighted by atomic mass is 9.76. The van der Waals surface area contributed by atoms with Gasteiger partial charge in [-0.1, -0.05) is 48.5 Å². The van der Waals surface area contributed by atoms with Crippen LogP contribution in [0.5, 0.6) is 0 Å². The third-order valence-corrected chi connectivity index (χ3v) is 5.16. The molecule has 3 aromatic rings. The van der Waals surface area contributed by atoms with Crippen LogP contribution in [-0.4, -0.2) is 18.3 Å². The van der Waals surface area contributed by atoms with E-state index in [0.29, 0.717) is 0 Å². The van der Waals surface area contributed by atoms with E-state index in [1.165, 1.54) is 0 Å². The van der Waals surface area contributed by atoms with Crippen LogP contribution in [0.1, 0.15) is 27.7 Å². The molecule has 1 aliphatic heterocycles. The van der Waals surface area contributed by atoms with Gasteiger partial charge < -0.3 is 13.7 Å². The first-order valence-corrected chi connectivity index (χ1v) is 8.31. The van der Waals surface area contributed by atoms with E-state index in [0.717, 1.165) is 27.8 Å². The Morgan fingerprint density at radius 3 is 2.00 bits per heavy atom. The van der Waals surface area contributed by atoms with Crippen molar-refractivity contribution in [1.29, 1.82) is 0 Å². The van der Waals surface area contributed by atoms with E-state index in [-0.39, 0.29) is 11.2 Å². The second-order valence-corrected chi connectivity index (χ2v) is 7.30. The first kappa shape index (κ1) is 15.5. The average molecular weight is 320 g/mol. The van der Waals surface area contributed by atoms with Crippen molar-refractivity contribution >= 4 is 23.6 Å². The Kier molecular flexibility index (Phi) is 3.38. The van der Waals surface area contributed by atoms with Crippen molar-refractivity contribution in [2.24, 2.45) is 0 Å². The molecular weight excluding hydrogens is 299 g/mol. The molecule has 0 atom stereocenters. The van der Waals surface area contributed by atoms with Crippen LogP contribution in [-0.2, 0) is 9.31 Å². The van der Waals surface area contributed by atoms with Crippen molar-refractivity contribution in [2.45, 2.75) is 38.9 Å². The fraction of sp³-hybridized carbons (Fsp3) is 0.300. The molecule has 0 spiro atoms. The van der Waals surface area contributed by atoms with E-state index in [1.807, 2.05) is 48.5 Å². The van der Waals surface area contributed by atoms with Gasteiger partial charge in [0.05, 0.1) is 11.2 Å². The molecule has 0 saturated carbocycles. The molecule has 0 radical (unpaired) electrons. The Morgan fingerprint density at radius 1 is 0.750 bits per heavy atom. The second kappa shape index (κ2) is 5.23. The molecule has 0 amide bonds. The van der Waals surface area contributed by atoms with Gasteiger partial charge in [0.2, 0.25) is 0 Å². The van der Waals surface area contributed by atoms with Gasteiger partial charge in [-0.2, -0.15) is 0 Å². The minimum atomic E-state index is -0.450. The molecule has 0 N–H and O–H groups in total. The Hall–Kier alpha value is -2.04. The van der Waals surface area contributed by atoms with Gasteiger partial charge in [0.25, 0.3) is 0 Å². The topological polar surface area (TPSA) is 31.6 Å². The normalized spacial score (nSPS) is 19.1. The van der Waals surface area contributed by atoms with Crippen LogP contribution < -0.4 is 5.46 Å². The number of fused-ring (bicyclic) bond motifs is 1. The van der Waals surface area contributed by atoms with E-state index in [2.05, 4.69) is 33.8 Å². The number of hydrogen-bond donors (Lipinski definition) is 0. The lowest BCUT2D eigenvalue weighted by Gasteiger charge is -2.32. The molecule has 0 aliphatic carbocycles. The molecule has 0 bridgehead atoms. The van der Waals surface area contributed by atoms with Crippen LogP contribution in [0.25, 0.3) is 22.3 Å². The smallest absolute Gasteiger partial charge is 0.456 e. The van der Waals surface area contributed by atoms with Crippen molar-refractivity contribution in [3.05, 3.63) is 54.6 Å². The Labute approximate surface area is 142 Å². The van der Waals surface area contributed by atoms with Gasteiger partial charge in [0.1, 0.15) is 11.3 Å².